The second-order valence-electron chi connectivity index (χ2n) is 8.50. The molecular formula is C25H34BrClN4O5. The van der Waals surface area contributed by atoms with Crippen LogP contribution >= 0.6 is 27.5 Å². The van der Waals surface area contributed by atoms with Gasteiger partial charge in [0.2, 0.25) is 5.56 Å². The number of nitrogens with one attached hydrogen (secondary N) is 2. The maximum atomic E-state index is 12.3. The maximum absolute atomic E-state index is 12.3. The summed E-state index contributed by atoms with van der Waals surface area (Å²) in [6, 6.07) is 7.66. The molecule has 1 heterocycles. The van der Waals surface area contributed by atoms with Crippen molar-refractivity contribution in [3.8, 4) is 0 Å². The number of H-pyrrole nitrogens is 1. The van der Waals surface area contributed by atoms with Gasteiger partial charge in [0.05, 0.1) is 16.4 Å². The lowest BCUT2D eigenvalue weighted by molar-refractivity contribution is -0.129. The molecule has 1 aliphatic carbocycles. The van der Waals surface area contributed by atoms with Gasteiger partial charge in [-0.1, -0.05) is 46.8 Å². The molecule has 36 heavy (non-hydrogen) atoms. The molecule has 1 fully saturated rings. The molecule has 1 saturated carbocycles. The summed E-state index contributed by atoms with van der Waals surface area (Å²) >= 11 is 9.37. The molecule has 0 atom stereocenters. The number of hydrogen-bond acceptors (Lipinski definition) is 6. The minimum atomic E-state index is -1.30. The standard InChI is InChI=1S/C16H16BrClN4O3.C7H12O.C2H6O/c1-16(2,14(24)21-10-4-6-13(23)20-8-10)25-15(19)22-12-5-3-9(17)7-11(12)18;8-6-7-4-2-1-3-5-7;1-3-2/h3-8H,1-2H3,(H2,19,22)(H,20,23)(H,21,24);6-7H,1-5H2;1-2H3. The molecule has 1 aromatic carbocycles. The number of aliphatic imine (C=N–C) groups is 1. The second kappa shape index (κ2) is 16.1. The van der Waals surface area contributed by atoms with Crippen molar-refractivity contribution in [3.05, 3.63) is 56.4 Å². The van der Waals surface area contributed by atoms with Gasteiger partial charge in [-0.2, -0.15) is 4.99 Å². The van der Waals surface area contributed by atoms with Crippen LogP contribution in [0.3, 0.4) is 0 Å². The Bertz CT molecular complexity index is 1050. The van der Waals surface area contributed by atoms with Crippen molar-refractivity contribution in [1.29, 1.82) is 0 Å². The SMILES string of the molecule is CC(C)(OC(N)=Nc1ccc(Br)cc1Cl)C(=O)Nc1ccc(=O)[nH]c1.COC.O=CC1CCCCC1. The normalized spacial score (nSPS) is 13.9. The number of rotatable bonds is 5. The first-order chi connectivity index (χ1) is 17.0. The molecule has 1 aliphatic rings. The maximum Gasteiger partial charge on any atom is 0.288 e. The number of aromatic amines is 1. The third kappa shape index (κ3) is 11.8. The summed E-state index contributed by atoms with van der Waals surface area (Å²) in [7, 11) is 3.25. The largest absolute Gasteiger partial charge is 0.449 e. The number of anilines is 1. The zero-order valence-electron chi connectivity index (χ0n) is 21.0. The van der Waals surface area contributed by atoms with Crippen molar-refractivity contribution in [1.82, 2.24) is 4.98 Å². The highest BCUT2D eigenvalue weighted by atomic mass is 79.9. The van der Waals surface area contributed by atoms with Gasteiger partial charge >= 0.3 is 0 Å². The molecule has 0 radical (unpaired) electrons. The van der Waals surface area contributed by atoms with Crippen LogP contribution in [0.5, 0.6) is 0 Å². The molecule has 0 unspecified atom stereocenters. The molecule has 0 bridgehead atoms. The number of benzene rings is 1. The van der Waals surface area contributed by atoms with E-state index in [4.69, 9.17) is 22.1 Å². The van der Waals surface area contributed by atoms with E-state index in [9.17, 15) is 14.4 Å². The first kappa shape index (κ1) is 31.3. The van der Waals surface area contributed by atoms with Gasteiger partial charge in [-0.05, 0) is 51.0 Å². The van der Waals surface area contributed by atoms with Gasteiger partial charge in [-0.15, -0.1) is 0 Å². The number of ether oxygens (including phenoxy) is 2. The van der Waals surface area contributed by atoms with E-state index in [0.717, 1.165) is 23.6 Å². The number of aldehydes is 1. The smallest absolute Gasteiger partial charge is 0.288 e. The molecular weight excluding hydrogens is 552 g/mol. The van der Waals surface area contributed by atoms with Crippen LogP contribution in [-0.4, -0.2) is 43.0 Å². The molecule has 11 heteroatoms. The highest BCUT2D eigenvalue weighted by molar-refractivity contribution is 9.10. The van der Waals surface area contributed by atoms with Crippen LogP contribution in [-0.2, 0) is 19.1 Å². The van der Waals surface area contributed by atoms with Gasteiger partial charge < -0.3 is 30.3 Å². The van der Waals surface area contributed by atoms with Crippen LogP contribution in [0.2, 0.25) is 5.02 Å². The number of nitrogens with two attached hydrogens (primary N) is 1. The fraction of sp³-hybridized carbons (Fsp3) is 0.440. The van der Waals surface area contributed by atoms with Crippen LogP contribution in [0.25, 0.3) is 0 Å². The molecule has 4 N–H and O–H groups in total. The summed E-state index contributed by atoms with van der Waals surface area (Å²) in [6.45, 7) is 3.08. The predicted octanol–water partition coefficient (Wildman–Crippen LogP) is 5.20. The number of pyridine rings is 1. The molecule has 1 aromatic heterocycles. The van der Waals surface area contributed by atoms with Gasteiger partial charge in [0.25, 0.3) is 11.9 Å². The third-order valence-electron chi connectivity index (χ3n) is 4.93. The number of carbonyl (C=O) groups is 2. The van der Waals surface area contributed by atoms with E-state index in [2.05, 4.69) is 36.0 Å². The van der Waals surface area contributed by atoms with Crippen molar-refractivity contribution >= 4 is 57.1 Å². The highest BCUT2D eigenvalue weighted by Crippen LogP contribution is 2.28. The van der Waals surface area contributed by atoms with Gasteiger partial charge in [-0.25, -0.2) is 0 Å². The fourth-order valence-corrected chi connectivity index (χ4v) is 3.78. The zero-order chi connectivity index (χ0) is 27.1. The number of nitrogens with zero attached hydrogens (tertiary/aromatic N) is 1. The molecule has 1 amide bonds. The van der Waals surface area contributed by atoms with E-state index >= 15 is 0 Å². The predicted molar refractivity (Wildman–Crippen MR) is 147 cm³/mol. The summed E-state index contributed by atoms with van der Waals surface area (Å²) < 4.78 is 10.5. The molecule has 2 aromatic rings. The van der Waals surface area contributed by atoms with Gasteiger partial charge in [-0.3, -0.25) is 9.59 Å². The number of halogens is 2. The Hall–Kier alpha value is -2.69. The molecule has 0 saturated heterocycles. The first-order valence-electron chi connectivity index (χ1n) is 11.4. The Morgan fingerprint density at radius 3 is 2.36 bits per heavy atom. The Morgan fingerprint density at radius 1 is 1.22 bits per heavy atom. The third-order valence-corrected chi connectivity index (χ3v) is 5.73. The van der Waals surface area contributed by atoms with Crippen LogP contribution in [0.4, 0.5) is 11.4 Å². The van der Waals surface area contributed by atoms with E-state index in [0.29, 0.717) is 22.3 Å². The van der Waals surface area contributed by atoms with E-state index in [1.807, 2.05) is 0 Å². The highest BCUT2D eigenvalue weighted by Gasteiger charge is 2.31. The lowest BCUT2D eigenvalue weighted by atomic mass is 9.91. The fourth-order valence-electron chi connectivity index (χ4n) is 3.06. The van der Waals surface area contributed by atoms with Crippen molar-refractivity contribution in [3.63, 3.8) is 0 Å². The summed E-state index contributed by atoms with van der Waals surface area (Å²) in [6.07, 6.45) is 8.65. The lowest BCUT2D eigenvalue weighted by Gasteiger charge is -2.24. The second-order valence-corrected chi connectivity index (χ2v) is 9.82. The van der Waals surface area contributed by atoms with Crippen molar-refractivity contribution in [2.75, 3.05) is 19.5 Å². The van der Waals surface area contributed by atoms with Crippen molar-refractivity contribution in [2.45, 2.75) is 51.6 Å². The Morgan fingerprint density at radius 2 is 1.86 bits per heavy atom. The van der Waals surface area contributed by atoms with Gasteiger partial charge in [0.1, 0.15) is 6.29 Å². The van der Waals surface area contributed by atoms with Crippen LogP contribution < -0.4 is 16.6 Å². The average molecular weight is 586 g/mol. The number of carbonyl (C=O) groups excluding carboxylic acids is 2. The van der Waals surface area contributed by atoms with Gasteiger partial charge in [0, 0.05) is 36.9 Å². The summed E-state index contributed by atoms with van der Waals surface area (Å²) in [5.74, 6) is -0.0525. The van der Waals surface area contributed by atoms with Crippen molar-refractivity contribution in [2.24, 2.45) is 16.6 Å². The minimum Gasteiger partial charge on any atom is -0.449 e. The number of amidine groups is 1. The number of methoxy groups -OCH3 is 1. The van der Waals surface area contributed by atoms with Crippen LogP contribution in [0.1, 0.15) is 46.0 Å². The molecule has 0 spiro atoms. The first-order valence-corrected chi connectivity index (χ1v) is 12.5. The van der Waals surface area contributed by atoms with Crippen molar-refractivity contribution < 1.29 is 19.1 Å². The molecule has 9 nitrogen and oxygen atoms in total. The zero-order valence-corrected chi connectivity index (χ0v) is 23.3. The Balaban J connectivity index is 0.000000488. The van der Waals surface area contributed by atoms with Crippen LogP contribution in [0, 0.1) is 5.92 Å². The Kier molecular flexibility index (Phi) is 14.0. The Labute approximate surface area is 224 Å². The quantitative estimate of drug-likeness (QED) is 0.251. The molecule has 3 rings (SSSR count). The summed E-state index contributed by atoms with van der Waals surface area (Å²) in [4.78, 5) is 40.1. The van der Waals surface area contributed by atoms with E-state index < -0.39 is 11.5 Å². The summed E-state index contributed by atoms with van der Waals surface area (Å²) in [5.41, 5.74) is 5.05. The topological polar surface area (TPSA) is 136 Å². The van der Waals surface area contributed by atoms with Crippen LogP contribution in [0.15, 0.2) is 50.8 Å². The van der Waals surface area contributed by atoms with E-state index in [1.165, 1.54) is 37.6 Å². The molecule has 198 valence electrons. The monoisotopic (exact) mass is 584 g/mol. The average Bonchev–Trinajstić information content (AvgIpc) is 2.83. The summed E-state index contributed by atoms with van der Waals surface area (Å²) in [5, 5.41) is 3.01. The lowest BCUT2D eigenvalue weighted by Crippen LogP contribution is -2.43. The minimum absolute atomic E-state index is 0.203. The van der Waals surface area contributed by atoms with Gasteiger partial charge in [0.15, 0.2) is 5.60 Å². The van der Waals surface area contributed by atoms with E-state index in [1.54, 1.807) is 46.3 Å². The number of hydrogen-bond donors (Lipinski definition) is 3. The van der Waals surface area contributed by atoms with E-state index in [-0.39, 0.29) is 11.6 Å². The number of aromatic nitrogens is 1. The molecule has 0 aliphatic heterocycles. The number of amides is 1.